The molecule has 0 radical (unpaired) electrons. The maximum Gasteiger partial charge on any atom is 0.125 e. The predicted molar refractivity (Wildman–Crippen MR) is 81.9 cm³/mol. The molecule has 0 bridgehead atoms. The van der Waals surface area contributed by atoms with Gasteiger partial charge in [-0.05, 0) is 19.1 Å². The number of hydrogen-bond donors (Lipinski definition) is 0. The van der Waals surface area contributed by atoms with E-state index in [-0.39, 0.29) is 0 Å². The number of thiophene rings is 1. The lowest BCUT2D eigenvalue weighted by Gasteiger charge is -1.98. The Balaban J connectivity index is 2.44. The molecule has 1 aromatic carbocycles. The van der Waals surface area contributed by atoms with Crippen molar-refractivity contribution in [3.05, 3.63) is 53.4 Å². The highest BCUT2D eigenvalue weighted by Gasteiger charge is 2.09. The molecule has 2 heterocycles. The van der Waals surface area contributed by atoms with Crippen LogP contribution in [0.4, 0.5) is 0 Å². The standard InChI is InChI=1S/C16H13NS/c1-3-7-12-13-10-11-8-5-6-9-14(11)17-16(13)18-15(12)4-2/h3-10H,2H2,1H3/b7-3-. The van der Waals surface area contributed by atoms with E-state index in [0.29, 0.717) is 0 Å². The molecule has 2 aromatic heterocycles. The lowest BCUT2D eigenvalue weighted by molar-refractivity contribution is 1.54. The van der Waals surface area contributed by atoms with Gasteiger partial charge < -0.3 is 0 Å². The van der Waals surface area contributed by atoms with E-state index in [1.807, 2.05) is 25.1 Å². The zero-order valence-electron chi connectivity index (χ0n) is 10.2. The Labute approximate surface area is 110 Å². The van der Waals surface area contributed by atoms with Gasteiger partial charge in [-0.1, -0.05) is 43.0 Å². The number of rotatable bonds is 2. The number of aromatic nitrogens is 1. The van der Waals surface area contributed by atoms with Crippen LogP contribution in [0.25, 0.3) is 33.3 Å². The van der Waals surface area contributed by atoms with Gasteiger partial charge in [-0.2, -0.15) is 0 Å². The Morgan fingerprint density at radius 3 is 2.89 bits per heavy atom. The topological polar surface area (TPSA) is 12.9 Å². The van der Waals surface area contributed by atoms with Crippen LogP contribution in [0, 0.1) is 0 Å². The van der Waals surface area contributed by atoms with Gasteiger partial charge in [-0.3, -0.25) is 0 Å². The van der Waals surface area contributed by atoms with Crippen molar-refractivity contribution >= 4 is 44.6 Å². The van der Waals surface area contributed by atoms with Gasteiger partial charge in [0.25, 0.3) is 0 Å². The van der Waals surface area contributed by atoms with E-state index >= 15 is 0 Å². The van der Waals surface area contributed by atoms with Gasteiger partial charge in [0.05, 0.1) is 5.52 Å². The molecule has 3 aromatic rings. The molecular weight excluding hydrogens is 238 g/mol. The molecule has 1 nitrogen and oxygen atoms in total. The molecule has 0 fully saturated rings. The molecule has 2 heteroatoms. The lowest BCUT2D eigenvalue weighted by atomic mass is 10.1. The minimum atomic E-state index is 1.05. The molecule has 0 saturated carbocycles. The first-order chi connectivity index (χ1) is 8.83. The van der Waals surface area contributed by atoms with Gasteiger partial charge in [0, 0.05) is 21.2 Å². The van der Waals surface area contributed by atoms with E-state index in [0.717, 1.165) is 10.3 Å². The zero-order valence-corrected chi connectivity index (χ0v) is 11.0. The van der Waals surface area contributed by atoms with Crippen molar-refractivity contribution in [2.75, 3.05) is 0 Å². The highest BCUT2D eigenvalue weighted by atomic mass is 32.1. The van der Waals surface area contributed by atoms with Crippen LogP contribution >= 0.6 is 11.3 Å². The summed E-state index contributed by atoms with van der Waals surface area (Å²) in [7, 11) is 0. The van der Waals surface area contributed by atoms with Gasteiger partial charge in [0.2, 0.25) is 0 Å². The molecule has 0 aliphatic rings. The van der Waals surface area contributed by atoms with Crippen molar-refractivity contribution in [1.82, 2.24) is 4.98 Å². The molecule has 0 saturated heterocycles. The molecule has 0 amide bonds. The molecule has 0 atom stereocenters. The number of fused-ring (bicyclic) bond motifs is 2. The number of pyridine rings is 1. The summed E-state index contributed by atoms with van der Waals surface area (Å²) in [6.07, 6.45) is 6.10. The number of allylic oxidation sites excluding steroid dienone is 1. The average Bonchev–Trinajstić information content (AvgIpc) is 2.74. The van der Waals surface area contributed by atoms with Gasteiger partial charge in [-0.15, -0.1) is 11.3 Å². The van der Waals surface area contributed by atoms with E-state index in [4.69, 9.17) is 4.98 Å². The van der Waals surface area contributed by atoms with Crippen LogP contribution in [0.1, 0.15) is 17.4 Å². The second-order valence-corrected chi connectivity index (χ2v) is 5.15. The summed E-state index contributed by atoms with van der Waals surface area (Å²) in [6, 6.07) is 10.4. The monoisotopic (exact) mass is 251 g/mol. The fourth-order valence-corrected chi connectivity index (χ4v) is 3.15. The third-order valence-corrected chi connectivity index (χ3v) is 4.08. The van der Waals surface area contributed by atoms with Gasteiger partial charge in [0.1, 0.15) is 4.83 Å². The van der Waals surface area contributed by atoms with Crippen molar-refractivity contribution in [3.8, 4) is 0 Å². The zero-order chi connectivity index (χ0) is 12.5. The quantitative estimate of drug-likeness (QED) is 0.615. The van der Waals surface area contributed by atoms with Crippen LogP contribution in [-0.2, 0) is 0 Å². The van der Waals surface area contributed by atoms with Crippen molar-refractivity contribution in [3.63, 3.8) is 0 Å². The SMILES string of the molecule is C=Cc1sc2nc3ccccc3cc2c1/C=C\C. The smallest absolute Gasteiger partial charge is 0.125 e. The molecule has 88 valence electrons. The first kappa shape index (κ1) is 11.2. The van der Waals surface area contributed by atoms with E-state index in [1.165, 1.54) is 21.2 Å². The first-order valence-corrected chi connectivity index (χ1v) is 6.72. The fraction of sp³-hybridized carbons (Fsp3) is 0.0625. The molecule has 0 N–H and O–H groups in total. The third-order valence-electron chi connectivity index (χ3n) is 2.97. The largest absolute Gasteiger partial charge is 0.237 e. The van der Waals surface area contributed by atoms with Crippen LogP contribution in [0.3, 0.4) is 0 Å². The van der Waals surface area contributed by atoms with E-state index in [2.05, 4.69) is 36.9 Å². The minimum absolute atomic E-state index is 1.05. The third kappa shape index (κ3) is 1.66. The summed E-state index contributed by atoms with van der Waals surface area (Å²) in [5.41, 5.74) is 2.28. The molecule has 0 unspecified atom stereocenters. The van der Waals surface area contributed by atoms with Crippen LogP contribution < -0.4 is 0 Å². The van der Waals surface area contributed by atoms with Crippen molar-refractivity contribution in [2.24, 2.45) is 0 Å². The summed E-state index contributed by atoms with van der Waals surface area (Å²) in [5.74, 6) is 0. The van der Waals surface area contributed by atoms with E-state index < -0.39 is 0 Å². The Kier molecular flexibility index (Phi) is 2.73. The van der Waals surface area contributed by atoms with E-state index in [9.17, 15) is 0 Å². The van der Waals surface area contributed by atoms with Gasteiger partial charge >= 0.3 is 0 Å². The normalized spacial score (nSPS) is 11.6. The molecule has 0 spiro atoms. The Morgan fingerprint density at radius 1 is 1.28 bits per heavy atom. The Morgan fingerprint density at radius 2 is 2.11 bits per heavy atom. The fourth-order valence-electron chi connectivity index (χ4n) is 2.15. The van der Waals surface area contributed by atoms with Crippen molar-refractivity contribution < 1.29 is 0 Å². The highest BCUT2D eigenvalue weighted by Crippen LogP contribution is 2.33. The molecule has 18 heavy (non-hydrogen) atoms. The Hall–Kier alpha value is -1.93. The van der Waals surface area contributed by atoms with Gasteiger partial charge in [-0.25, -0.2) is 4.98 Å². The number of para-hydroxylation sites is 1. The average molecular weight is 251 g/mol. The summed E-state index contributed by atoms with van der Waals surface area (Å²) in [6.45, 7) is 5.92. The minimum Gasteiger partial charge on any atom is -0.237 e. The molecular formula is C16H13NS. The summed E-state index contributed by atoms with van der Waals surface area (Å²) in [5, 5.41) is 2.40. The Bertz CT molecular complexity index is 765. The highest BCUT2D eigenvalue weighted by molar-refractivity contribution is 7.19. The van der Waals surface area contributed by atoms with Crippen molar-refractivity contribution in [1.29, 1.82) is 0 Å². The van der Waals surface area contributed by atoms with E-state index in [1.54, 1.807) is 11.3 Å². The first-order valence-electron chi connectivity index (χ1n) is 5.91. The maximum atomic E-state index is 4.73. The number of nitrogens with zero attached hydrogens (tertiary/aromatic N) is 1. The summed E-state index contributed by atoms with van der Waals surface area (Å²) < 4.78 is 0. The molecule has 0 aliphatic carbocycles. The molecule has 3 rings (SSSR count). The van der Waals surface area contributed by atoms with Crippen LogP contribution in [-0.4, -0.2) is 4.98 Å². The van der Waals surface area contributed by atoms with Crippen LogP contribution in [0.2, 0.25) is 0 Å². The molecule has 0 aliphatic heterocycles. The summed E-state index contributed by atoms with van der Waals surface area (Å²) >= 11 is 1.70. The van der Waals surface area contributed by atoms with Crippen molar-refractivity contribution in [2.45, 2.75) is 6.92 Å². The summed E-state index contributed by atoms with van der Waals surface area (Å²) in [4.78, 5) is 6.99. The maximum absolute atomic E-state index is 4.73. The second-order valence-electron chi connectivity index (χ2n) is 4.12. The number of benzene rings is 1. The van der Waals surface area contributed by atoms with Crippen LogP contribution in [0.15, 0.2) is 43.0 Å². The second kappa shape index (κ2) is 4.39. The lowest BCUT2D eigenvalue weighted by Crippen LogP contribution is -1.79. The van der Waals surface area contributed by atoms with Crippen LogP contribution in [0.5, 0.6) is 0 Å². The predicted octanol–water partition coefficient (Wildman–Crippen LogP) is 5.13. The number of hydrogen-bond acceptors (Lipinski definition) is 2. The van der Waals surface area contributed by atoms with Gasteiger partial charge in [0.15, 0.2) is 0 Å².